The molecule has 0 N–H and O–H groups in total. The van der Waals surface area contributed by atoms with E-state index in [1.165, 1.54) is 12.1 Å². The number of carbonyl (C=O) groups is 3. The van der Waals surface area contributed by atoms with Crippen molar-refractivity contribution in [1.82, 2.24) is 10.0 Å². The Balaban J connectivity index is 1.85. The number of carbonyl (C=O) groups excluding carboxylic acids is 3. The number of hydroxylamine groups is 2. The number of hydrogen-bond donors (Lipinski definition) is 0. The van der Waals surface area contributed by atoms with Gasteiger partial charge < -0.3 is 9.25 Å². The molecule has 23 heavy (non-hydrogen) atoms. The molecule has 0 unspecified atom stereocenters. The first kappa shape index (κ1) is 15.0. The van der Waals surface area contributed by atoms with Crippen LogP contribution >= 0.6 is 0 Å². The van der Waals surface area contributed by atoms with Crippen molar-refractivity contribution in [3.05, 3.63) is 52.7 Å². The smallest absolute Gasteiger partial charge is 0.401 e. The van der Waals surface area contributed by atoms with Crippen LogP contribution in [0.15, 0.2) is 28.7 Å². The number of nitrogens with zero attached hydrogens (tertiary/aromatic N) is 2. The van der Waals surface area contributed by atoms with Gasteiger partial charge in [0.1, 0.15) is 0 Å². The minimum absolute atomic E-state index is 0.00504. The highest BCUT2D eigenvalue weighted by molar-refractivity contribution is 6.21. The van der Waals surface area contributed by atoms with Gasteiger partial charge in [-0.15, -0.1) is 0 Å². The van der Waals surface area contributed by atoms with Crippen molar-refractivity contribution < 1.29 is 23.6 Å². The van der Waals surface area contributed by atoms with Crippen molar-refractivity contribution in [2.45, 2.75) is 26.7 Å². The largest absolute Gasteiger partial charge is 0.433 e. The summed E-state index contributed by atoms with van der Waals surface area (Å²) >= 11 is 0. The van der Waals surface area contributed by atoms with Crippen LogP contribution in [-0.4, -0.2) is 27.8 Å². The topological polar surface area (TPSA) is 89.7 Å². The Hall–Kier alpha value is -2.96. The zero-order chi connectivity index (χ0) is 16.7. The lowest BCUT2D eigenvalue weighted by molar-refractivity contribution is -0.0604. The third-order valence-electron chi connectivity index (χ3n) is 3.42. The van der Waals surface area contributed by atoms with Crippen molar-refractivity contribution in [3.63, 3.8) is 0 Å². The number of fused-ring (bicyclic) bond motifs is 1. The van der Waals surface area contributed by atoms with Crippen molar-refractivity contribution in [1.29, 1.82) is 0 Å². The van der Waals surface area contributed by atoms with Gasteiger partial charge in [0.05, 0.1) is 16.8 Å². The van der Waals surface area contributed by atoms with Crippen LogP contribution in [0.2, 0.25) is 0 Å². The molecule has 0 aliphatic carbocycles. The molecule has 1 aliphatic rings. The van der Waals surface area contributed by atoms with E-state index in [1.54, 1.807) is 19.1 Å². The molecule has 0 saturated carbocycles. The van der Waals surface area contributed by atoms with E-state index >= 15 is 0 Å². The number of aryl methyl sites for hydroxylation is 1. The maximum absolute atomic E-state index is 12.2. The summed E-state index contributed by atoms with van der Waals surface area (Å²) in [5.74, 6) is -2.03. The molecule has 1 aromatic heterocycles. The standard InChI is InChI=1S/C16H14N2O5/c1-8(2)13-17-9(3)12(22-13)16(21)23-18-14(19)10-6-4-5-7-11(10)15(18)20/h4-8H,1-3H3. The molecule has 0 spiro atoms. The Morgan fingerprint density at radius 1 is 1.17 bits per heavy atom. The maximum atomic E-state index is 12.2. The zero-order valence-corrected chi connectivity index (χ0v) is 12.8. The monoisotopic (exact) mass is 314 g/mol. The van der Waals surface area contributed by atoms with Crippen LogP contribution in [-0.2, 0) is 4.84 Å². The quantitative estimate of drug-likeness (QED) is 0.808. The summed E-state index contributed by atoms with van der Waals surface area (Å²) in [5, 5.41) is 0.448. The molecule has 0 saturated heterocycles. The third kappa shape index (κ3) is 2.40. The van der Waals surface area contributed by atoms with E-state index in [0.717, 1.165) is 0 Å². The normalized spacial score (nSPS) is 13.7. The van der Waals surface area contributed by atoms with Crippen LogP contribution in [0.25, 0.3) is 0 Å². The van der Waals surface area contributed by atoms with E-state index in [4.69, 9.17) is 9.25 Å². The lowest BCUT2D eigenvalue weighted by Crippen LogP contribution is -2.32. The highest BCUT2D eigenvalue weighted by Gasteiger charge is 2.39. The average Bonchev–Trinajstić information content (AvgIpc) is 3.02. The first-order valence-corrected chi connectivity index (χ1v) is 7.07. The molecule has 0 atom stereocenters. The summed E-state index contributed by atoms with van der Waals surface area (Å²) < 4.78 is 5.36. The molecule has 1 aromatic carbocycles. The Morgan fingerprint density at radius 2 is 1.74 bits per heavy atom. The van der Waals surface area contributed by atoms with Crippen molar-refractivity contribution in [2.24, 2.45) is 0 Å². The molecule has 0 fully saturated rings. The summed E-state index contributed by atoms with van der Waals surface area (Å²) in [5.41, 5.74) is 0.736. The van der Waals surface area contributed by atoms with Crippen molar-refractivity contribution in [3.8, 4) is 0 Å². The second-order valence-electron chi connectivity index (χ2n) is 5.45. The fourth-order valence-corrected chi connectivity index (χ4v) is 2.23. The van der Waals surface area contributed by atoms with Gasteiger partial charge in [-0.05, 0) is 19.1 Å². The Labute approximate surface area is 131 Å². The van der Waals surface area contributed by atoms with Gasteiger partial charge in [-0.25, -0.2) is 9.78 Å². The van der Waals surface area contributed by atoms with Crippen LogP contribution < -0.4 is 0 Å². The molecule has 2 amide bonds. The van der Waals surface area contributed by atoms with E-state index in [0.29, 0.717) is 16.6 Å². The van der Waals surface area contributed by atoms with Gasteiger partial charge in [0.25, 0.3) is 11.8 Å². The van der Waals surface area contributed by atoms with E-state index < -0.39 is 17.8 Å². The minimum atomic E-state index is -0.934. The lowest BCUT2D eigenvalue weighted by Gasteiger charge is -2.11. The summed E-state index contributed by atoms with van der Waals surface area (Å²) in [6, 6.07) is 6.26. The van der Waals surface area contributed by atoms with Crippen molar-refractivity contribution in [2.75, 3.05) is 0 Å². The summed E-state index contributed by atoms with van der Waals surface area (Å²) in [4.78, 5) is 45.6. The molecule has 2 aromatic rings. The predicted molar refractivity (Wildman–Crippen MR) is 77.7 cm³/mol. The summed E-state index contributed by atoms with van der Waals surface area (Å²) in [7, 11) is 0. The van der Waals surface area contributed by atoms with Crippen molar-refractivity contribution >= 4 is 17.8 Å². The highest BCUT2D eigenvalue weighted by atomic mass is 16.7. The molecule has 118 valence electrons. The molecule has 7 nitrogen and oxygen atoms in total. The number of benzene rings is 1. The minimum Gasteiger partial charge on any atom is -0.433 e. The summed E-state index contributed by atoms with van der Waals surface area (Å²) in [6.07, 6.45) is 0. The summed E-state index contributed by atoms with van der Waals surface area (Å²) in [6.45, 7) is 5.32. The molecule has 2 heterocycles. The van der Waals surface area contributed by atoms with Gasteiger partial charge >= 0.3 is 5.97 Å². The maximum Gasteiger partial charge on any atom is 0.401 e. The lowest BCUT2D eigenvalue weighted by atomic mass is 10.1. The van der Waals surface area contributed by atoms with Crippen LogP contribution in [0.5, 0.6) is 0 Å². The van der Waals surface area contributed by atoms with Crippen LogP contribution in [0.4, 0.5) is 0 Å². The Bertz CT molecular complexity index is 787. The number of rotatable bonds is 3. The predicted octanol–water partition coefficient (Wildman–Crippen LogP) is 2.47. The third-order valence-corrected chi connectivity index (χ3v) is 3.42. The van der Waals surface area contributed by atoms with Gasteiger partial charge in [-0.3, -0.25) is 9.59 Å². The second kappa shape index (κ2) is 5.35. The highest BCUT2D eigenvalue weighted by Crippen LogP contribution is 2.24. The Kier molecular flexibility index (Phi) is 3.48. The van der Waals surface area contributed by atoms with Crippen LogP contribution in [0, 0.1) is 6.92 Å². The van der Waals surface area contributed by atoms with Gasteiger partial charge in [-0.1, -0.05) is 31.0 Å². The molecule has 0 radical (unpaired) electrons. The molecular formula is C16H14N2O5. The van der Waals surface area contributed by atoms with E-state index in [2.05, 4.69) is 4.98 Å². The average molecular weight is 314 g/mol. The zero-order valence-electron chi connectivity index (χ0n) is 12.8. The number of aromatic nitrogens is 1. The van der Waals surface area contributed by atoms with Gasteiger partial charge in [0.2, 0.25) is 5.76 Å². The Morgan fingerprint density at radius 3 is 2.22 bits per heavy atom. The van der Waals surface area contributed by atoms with E-state index in [-0.39, 0.29) is 22.8 Å². The number of oxazole rings is 1. The van der Waals surface area contributed by atoms with Crippen LogP contribution in [0.1, 0.15) is 62.6 Å². The van der Waals surface area contributed by atoms with E-state index in [1.807, 2.05) is 13.8 Å². The fraction of sp³-hybridized carbons (Fsp3) is 0.250. The van der Waals surface area contributed by atoms with Crippen LogP contribution in [0.3, 0.4) is 0 Å². The number of hydrogen-bond acceptors (Lipinski definition) is 6. The molecule has 3 rings (SSSR count). The number of amides is 2. The molecular weight excluding hydrogens is 300 g/mol. The van der Waals surface area contributed by atoms with Gasteiger partial charge in [0, 0.05) is 5.92 Å². The second-order valence-corrected chi connectivity index (χ2v) is 5.45. The molecule has 1 aliphatic heterocycles. The SMILES string of the molecule is Cc1nc(C(C)C)oc1C(=O)ON1C(=O)c2ccccc2C1=O. The first-order chi connectivity index (χ1) is 10.9. The van der Waals surface area contributed by atoms with E-state index in [9.17, 15) is 14.4 Å². The molecule has 7 heteroatoms. The first-order valence-electron chi connectivity index (χ1n) is 7.07. The number of imide groups is 1. The van der Waals surface area contributed by atoms with Gasteiger partial charge in [0.15, 0.2) is 5.89 Å². The fourth-order valence-electron chi connectivity index (χ4n) is 2.23. The van der Waals surface area contributed by atoms with Gasteiger partial charge in [-0.2, -0.15) is 0 Å². The molecule has 0 bridgehead atoms.